The van der Waals surface area contributed by atoms with Crippen LogP contribution in [0.4, 0.5) is 13.2 Å². The number of alkyl halides is 3. The van der Waals surface area contributed by atoms with Crippen LogP contribution >= 0.6 is 0 Å². The molecule has 0 aliphatic carbocycles. The maximum Gasteiger partial charge on any atom is 1.00 e. The normalized spacial score (nSPS) is 10.2. The Morgan fingerprint density at radius 2 is 1.18 bits per heavy atom. The fraction of sp³-hybridized carbons (Fsp3) is 1.00. The Kier molecular flexibility index (Phi) is 12.2. The van der Waals surface area contributed by atoms with Crippen molar-refractivity contribution in [3.8, 4) is 0 Å². The van der Waals surface area contributed by atoms with Gasteiger partial charge in [-0.05, 0) is 0 Å². The molecule has 0 atom stereocenters. The van der Waals surface area contributed by atoms with Gasteiger partial charge >= 0.3 is 27.9 Å². The number of hydrogen-bond acceptors (Lipinski definition) is 5. The molecule has 0 aliphatic rings. The van der Waals surface area contributed by atoms with Crippen molar-refractivity contribution in [2.24, 2.45) is 0 Å². The minimum absolute atomic E-state index is 0. The summed E-state index contributed by atoms with van der Waals surface area (Å²) in [6.07, 6.45) is 0. The quantitative estimate of drug-likeness (QED) is 0.357. The molecule has 0 spiro atoms. The van der Waals surface area contributed by atoms with E-state index in [0.717, 1.165) is 0 Å². The minimum atomic E-state index is -6.09. The van der Waals surface area contributed by atoms with Gasteiger partial charge in [0.05, 0.1) is 0 Å². The molecular weight excluding hydrogens is 374 g/mol. The van der Waals surface area contributed by atoms with Gasteiger partial charge in [-0.25, -0.2) is 8.42 Å². The zero-order valence-corrected chi connectivity index (χ0v) is 7.97. The first-order valence-corrected chi connectivity index (χ1v) is 2.68. The molecule has 0 amide bonds. The molecular formula is CH6AuF3N2O3S. The predicted octanol–water partition coefficient (Wildman–Crippen LogP) is 0.373. The average molecular weight is 380 g/mol. The third kappa shape index (κ3) is 8.26. The van der Waals surface area contributed by atoms with Crippen LogP contribution in [0.1, 0.15) is 0 Å². The largest absolute Gasteiger partial charge is 1.00 e. The first-order valence-electron chi connectivity index (χ1n) is 1.27. The summed E-state index contributed by atoms with van der Waals surface area (Å²) >= 11 is 0. The van der Waals surface area contributed by atoms with Crippen molar-refractivity contribution in [3.05, 3.63) is 0 Å². The summed E-state index contributed by atoms with van der Waals surface area (Å²) in [5, 5.41) is 0. The Balaban J connectivity index is -0.0000000817. The second-order valence-corrected chi connectivity index (χ2v) is 2.27. The van der Waals surface area contributed by atoms with Crippen molar-refractivity contribution >= 4 is 10.1 Å². The Labute approximate surface area is 76.8 Å². The topological polar surface area (TPSA) is 127 Å². The maximum absolute atomic E-state index is 10.7. The van der Waals surface area contributed by atoms with Gasteiger partial charge in [0.25, 0.3) is 0 Å². The summed E-state index contributed by atoms with van der Waals surface area (Å²) in [4.78, 5) is 0. The van der Waals surface area contributed by atoms with Crippen LogP contribution in [0.5, 0.6) is 0 Å². The van der Waals surface area contributed by atoms with E-state index < -0.39 is 15.6 Å². The van der Waals surface area contributed by atoms with Crippen molar-refractivity contribution in [3.63, 3.8) is 0 Å². The van der Waals surface area contributed by atoms with Crippen LogP contribution in [-0.2, 0) is 32.5 Å². The van der Waals surface area contributed by atoms with Crippen LogP contribution < -0.4 is 12.3 Å². The van der Waals surface area contributed by atoms with E-state index in [0.29, 0.717) is 0 Å². The molecule has 0 unspecified atom stereocenters. The van der Waals surface area contributed by atoms with Crippen LogP contribution in [0.2, 0.25) is 0 Å². The van der Waals surface area contributed by atoms with Crippen LogP contribution in [0.25, 0.3) is 0 Å². The van der Waals surface area contributed by atoms with Crippen molar-refractivity contribution in [2.75, 3.05) is 0 Å². The SMILES string of the molecule is N.N.O=S(=O)([O-])C(F)(F)F.[Au+]. The van der Waals surface area contributed by atoms with Crippen LogP contribution in [0.3, 0.4) is 0 Å². The summed E-state index contributed by atoms with van der Waals surface area (Å²) in [6.45, 7) is 0. The van der Waals surface area contributed by atoms with Gasteiger partial charge in [0.15, 0.2) is 10.1 Å². The Morgan fingerprint density at radius 3 is 1.18 bits per heavy atom. The summed E-state index contributed by atoms with van der Waals surface area (Å²) in [5.74, 6) is 0. The van der Waals surface area contributed by atoms with Gasteiger partial charge in [0, 0.05) is 0 Å². The standard InChI is InChI=1S/CHF3O3S.Au.2H3N/c2-1(3,4)8(5,6)7;;;/h(H,5,6,7);;2*1H3/q;+1;;/p-1. The number of rotatable bonds is 0. The van der Waals surface area contributed by atoms with Gasteiger partial charge in [0.1, 0.15) is 0 Å². The van der Waals surface area contributed by atoms with E-state index in [-0.39, 0.29) is 34.7 Å². The van der Waals surface area contributed by atoms with Crippen molar-refractivity contribution in [1.82, 2.24) is 12.3 Å². The number of hydrogen-bond donors (Lipinski definition) is 2. The zero-order valence-electron chi connectivity index (χ0n) is 4.98. The Morgan fingerprint density at radius 1 is 1.09 bits per heavy atom. The third-order valence-corrected chi connectivity index (χ3v) is 0.850. The van der Waals surface area contributed by atoms with Gasteiger partial charge in [-0.1, -0.05) is 0 Å². The predicted molar refractivity (Wildman–Crippen MR) is 25.8 cm³/mol. The van der Waals surface area contributed by atoms with Crippen molar-refractivity contribution in [2.45, 2.75) is 5.51 Å². The first-order chi connectivity index (χ1) is 3.25. The molecule has 0 aromatic carbocycles. The molecule has 0 aromatic rings. The average Bonchev–Trinajstić information content (AvgIpc) is 1.25. The smallest absolute Gasteiger partial charge is 0.741 e. The van der Waals surface area contributed by atoms with Crippen molar-refractivity contribution < 1.29 is 48.5 Å². The molecule has 0 saturated carbocycles. The van der Waals surface area contributed by atoms with E-state index in [1.807, 2.05) is 0 Å². The van der Waals surface area contributed by atoms with Gasteiger partial charge in [-0.2, -0.15) is 13.2 Å². The van der Waals surface area contributed by atoms with Crippen molar-refractivity contribution in [1.29, 1.82) is 0 Å². The Hall–Kier alpha value is 0.360. The molecule has 5 nitrogen and oxygen atoms in total. The maximum atomic E-state index is 10.7. The van der Waals surface area contributed by atoms with Crippen LogP contribution in [-0.4, -0.2) is 18.5 Å². The zero-order chi connectivity index (χ0) is 7.00. The van der Waals surface area contributed by atoms with E-state index in [2.05, 4.69) is 0 Å². The molecule has 0 radical (unpaired) electrons. The van der Waals surface area contributed by atoms with E-state index in [1.165, 1.54) is 0 Å². The molecule has 76 valence electrons. The van der Waals surface area contributed by atoms with Gasteiger partial charge in [-0.15, -0.1) is 0 Å². The monoisotopic (exact) mass is 380 g/mol. The van der Waals surface area contributed by atoms with E-state index >= 15 is 0 Å². The van der Waals surface area contributed by atoms with E-state index in [1.54, 1.807) is 0 Å². The molecule has 0 aliphatic heterocycles. The van der Waals surface area contributed by atoms with Crippen LogP contribution in [0, 0.1) is 0 Å². The van der Waals surface area contributed by atoms with Gasteiger partial charge in [0.2, 0.25) is 0 Å². The molecule has 0 rings (SSSR count). The summed E-state index contributed by atoms with van der Waals surface area (Å²) < 4.78 is 58.9. The third-order valence-electron chi connectivity index (χ3n) is 0.283. The van der Waals surface area contributed by atoms with Crippen LogP contribution in [0.15, 0.2) is 0 Å². The molecule has 0 saturated heterocycles. The Bertz CT molecular complexity index is 176. The second kappa shape index (κ2) is 5.94. The molecule has 10 heteroatoms. The summed E-state index contributed by atoms with van der Waals surface area (Å²) in [5.41, 5.74) is -5.65. The fourth-order valence-electron chi connectivity index (χ4n) is 0. The van der Waals surface area contributed by atoms with E-state index in [4.69, 9.17) is 13.0 Å². The first kappa shape index (κ1) is 22.5. The molecule has 0 bridgehead atoms. The molecule has 6 N–H and O–H groups in total. The minimum Gasteiger partial charge on any atom is -0.741 e. The van der Waals surface area contributed by atoms with Gasteiger partial charge < -0.3 is 16.9 Å². The molecule has 0 heterocycles. The van der Waals surface area contributed by atoms with E-state index in [9.17, 15) is 13.2 Å². The number of halogens is 3. The second-order valence-electron chi connectivity index (χ2n) is 0.900. The summed E-state index contributed by atoms with van der Waals surface area (Å²) in [7, 11) is -6.09. The molecule has 0 aromatic heterocycles. The fourth-order valence-corrected chi connectivity index (χ4v) is 0. The summed E-state index contributed by atoms with van der Waals surface area (Å²) in [6, 6.07) is 0. The molecule has 0 fully saturated rings. The molecule has 11 heavy (non-hydrogen) atoms. The van der Waals surface area contributed by atoms with Gasteiger partial charge in [-0.3, -0.25) is 0 Å².